The highest BCUT2D eigenvalue weighted by Gasteiger charge is 2.32. The van der Waals surface area contributed by atoms with Gasteiger partial charge in [0, 0.05) is 24.7 Å². The molecule has 1 saturated heterocycles. The summed E-state index contributed by atoms with van der Waals surface area (Å²) in [6, 6.07) is 2.65. The second-order valence-electron chi connectivity index (χ2n) is 5.66. The maximum absolute atomic E-state index is 5.25. The SMILES string of the molecule is CCC(CC)n1ccc(CNCC2(C)COC2)n1. The molecule has 0 amide bonds. The molecule has 0 saturated carbocycles. The fraction of sp³-hybridized carbons (Fsp3) is 0.786. The minimum Gasteiger partial charge on any atom is -0.380 e. The zero-order valence-electron chi connectivity index (χ0n) is 11.8. The smallest absolute Gasteiger partial charge is 0.0762 e. The molecule has 18 heavy (non-hydrogen) atoms. The minimum absolute atomic E-state index is 0.331. The first-order chi connectivity index (χ1) is 8.67. The van der Waals surface area contributed by atoms with Crippen LogP contribution in [-0.4, -0.2) is 29.5 Å². The zero-order chi connectivity index (χ0) is 13.0. The average Bonchev–Trinajstić information content (AvgIpc) is 2.77. The van der Waals surface area contributed by atoms with Crippen LogP contribution < -0.4 is 5.32 Å². The van der Waals surface area contributed by atoms with Gasteiger partial charge in [-0.15, -0.1) is 0 Å². The Bertz CT molecular complexity index is 367. The number of nitrogens with zero attached hydrogens (tertiary/aromatic N) is 2. The van der Waals surface area contributed by atoms with E-state index in [9.17, 15) is 0 Å². The fourth-order valence-corrected chi connectivity index (χ4v) is 2.38. The summed E-state index contributed by atoms with van der Waals surface area (Å²) in [6.07, 6.45) is 4.38. The van der Waals surface area contributed by atoms with Crippen molar-refractivity contribution in [2.45, 2.75) is 46.2 Å². The van der Waals surface area contributed by atoms with Gasteiger partial charge in [-0.05, 0) is 18.9 Å². The zero-order valence-corrected chi connectivity index (χ0v) is 11.8. The molecular formula is C14H25N3O. The van der Waals surface area contributed by atoms with Gasteiger partial charge < -0.3 is 10.1 Å². The van der Waals surface area contributed by atoms with Crippen molar-refractivity contribution in [3.63, 3.8) is 0 Å². The van der Waals surface area contributed by atoms with Crippen LogP contribution in [0.4, 0.5) is 0 Å². The van der Waals surface area contributed by atoms with E-state index in [4.69, 9.17) is 4.74 Å². The molecule has 4 heteroatoms. The Kier molecular flexibility index (Phi) is 4.40. The Morgan fingerprint density at radius 2 is 2.17 bits per heavy atom. The van der Waals surface area contributed by atoms with E-state index in [0.717, 1.165) is 44.8 Å². The van der Waals surface area contributed by atoms with Gasteiger partial charge in [0.1, 0.15) is 0 Å². The molecule has 1 N–H and O–H groups in total. The molecule has 0 bridgehead atoms. The molecule has 0 spiro atoms. The largest absolute Gasteiger partial charge is 0.380 e. The third kappa shape index (κ3) is 3.12. The van der Waals surface area contributed by atoms with Gasteiger partial charge in [-0.2, -0.15) is 5.10 Å². The highest BCUT2D eigenvalue weighted by molar-refractivity contribution is 4.99. The molecule has 0 radical (unpaired) electrons. The van der Waals surface area contributed by atoms with Crippen LogP contribution in [0.1, 0.15) is 45.3 Å². The van der Waals surface area contributed by atoms with Crippen molar-refractivity contribution in [1.29, 1.82) is 0 Å². The third-order valence-corrected chi connectivity index (χ3v) is 3.74. The van der Waals surface area contributed by atoms with E-state index in [1.165, 1.54) is 0 Å². The molecule has 1 aliphatic heterocycles. The number of nitrogens with one attached hydrogen (secondary N) is 1. The molecular weight excluding hydrogens is 226 g/mol. The van der Waals surface area contributed by atoms with E-state index in [2.05, 4.69) is 48.1 Å². The lowest BCUT2D eigenvalue weighted by Crippen LogP contribution is -2.47. The average molecular weight is 251 g/mol. The molecule has 1 aromatic rings. The van der Waals surface area contributed by atoms with E-state index in [1.807, 2.05) is 0 Å². The minimum atomic E-state index is 0.331. The van der Waals surface area contributed by atoms with Gasteiger partial charge in [-0.3, -0.25) is 4.68 Å². The van der Waals surface area contributed by atoms with E-state index in [0.29, 0.717) is 11.5 Å². The van der Waals surface area contributed by atoms with Gasteiger partial charge in [0.2, 0.25) is 0 Å². The van der Waals surface area contributed by atoms with Crippen LogP contribution in [0.2, 0.25) is 0 Å². The van der Waals surface area contributed by atoms with Gasteiger partial charge >= 0.3 is 0 Å². The topological polar surface area (TPSA) is 39.1 Å². The summed E-state index contributed by atoms with van der Waals surface area (Å²) in [5.74, 6) is 0. The number of hydrogen-bond donors (Lipinski definition) is 1. The van der Waals surface area contributed by atoms with Gasteiger partial charge in [-0.1, -0.05) is 20.8 Å². The van der Waals surface area contributed by atoms with Gasteiger partial charge in [0.15, 0.2) is 0 Å². The summed E-state index contributed by atoms with van der Waals surface area (Å²) in [5.41, 5.74) is 1.46. The first-order valence-corrected chi connectivity index (χ1v) is 6.99. The second kappa shape index (κ2) is 5.85. The first kappa shape index (κ1) is 13.6. The van der Waals surface area contributed by atoms with Gasteiger partial charge in [-0.25, -0.2) is 0 Å². The molecule has 1 fully saturated rings. The lowest BCUT2D eigenvalue weighted by molar-refractivity contribution is -0.0991. The molecule has 102 valence electrons. The third-order valence-electron chi connectivity index (χ3n) is 3.74. The molecule has 2 heterocycles. The lowest BCUT2D eigenvalue weighted by Gasteiger charge is -2.38. The Morgan fingerprint density at radius 1 is 1.44 bits per heavy atom. The lowest BCUT2D eigenvalue weighted by atomic mass is 9.89. The predicted octanol–water partition coefficient (Wildman–Crippen LogP) is 2.37. The highest BCUT2D eigenvalue weighted by Crippen LogP contribution is 2.25. The maximum atomic E-state index is 5.25. The van der Waals surface area contributed by atoms with Crippen LogP contribution in [0.25, 0.3) is 0 Å². The summed E-state index contributed by atoms with van der Waals surface area (Å²) in [6.45, 7) is 10.3. The molecule has 2 rings (SSSR count). The Morgan fingerprint density at radius 3 is 2.72 bits per heavy atom. The monoisotopic (exact) mass is 251 g/mol. The summed E-state index contributed by atoms with van der Waals surface area (Å²) in [7, 11) is 0. The molecule has 0 aromatic carbocycles. The fourth-order valence-electron chi connectivity index (χ4n) is 2.38. The van der Waals surface area contributed by atoms with Crippen molar-refractivity contribution in [2.24, 2.45) is 5.41 Å². The van der Waals surface area contributed by atoms with Crippen LogP contribution in [0, 0.1) is 5.41 Å². The highest BCUT2D eigenvalue weighted by atomic mass is 16.5. The van der Waals surface area contributed by atoms with Crippen molar-refractivity contribution in [2.75, 3.05) is 19.8 Å². The van der Waals surface area contributed by atoms with Crippen LogP contribution >= 0.6 is 0 Å². The number of hydrogen-bond acceptors (Lipinski definition) is 3. The molecule has 0 atom stereocenters. The van der Waals surface area contributed by atoms with E-state index < -0.39 is 0 Å². The van der Waals surface area contributed by atoms with Crippen molar-refractivity contribution in [3.8, 4) is 0 Å². The van der Waals surface area contributed by atoms with Crippen molar-refractivity contribution in [1.82, 2.24) is 15.1 Å². The molecule has 0 aliphatic carbocycles. The van der Waals surface area contributed by atoms with E-state index >= 15 is 0 Å². The van der Waals surface area contributed by atoms with Crippen LogP contribution in [0.15, 0.2) is 12.3 Å². The van der Waals surface area contributed by atoms with Crippen LogP contribution in [0.3, 0.4) is 0 Å². The Balaban J connectivity index is 1.79. The Hall–Kier alpha value is -0.870. The number of aromatic nitrogens is 2. The quantitative estimate of drug-likeness (QED) is 0.808. The van der Waals surface area contributed by atoms with Gasteiger partial charge in [0.05, 0.1) is 24.9 Å². The second-order valence-corrected chi connectivity index (χ2v) is 5.66. The number of ether oxygens (including phenoxy) is 1. The molecule has 4 nitrogen and oxygen atoms in total. The van der Waals surface area contributed by atoms with Crippen molar-refractivity contribution >= 4 is 0 Å². The standard InChI is InChI=1S/C14H25N3O/c1-4-13(5-2)17-7-6-12(16-17)8-15-9-14(3)10-18-11-14/h6-7,13,15H,4-5,8-11H2,1-3H3. The van der Waals surface area contributed by atoms with Crippen molar-refractivity contribution < 1.29 is 4.74 Å². The number of rotatable bonds is 7. The maximum Gasteiger partial charge on any atom is 0.0762 e. The predicted molar refractivity (Wildman–Crippen MR) is 72.5 cm³/mol. The summed E-state index contributed by atoms with van der Waals surface area (Å²) >= 11 is 0. The van der Waals surface area contributed by atoms with Crippen molar-refractivity contribution in [3.05, 3.63) is 18.0 Å². The van der Waals surface area contributed by atoms with Crippen LogP contribution in [-0.2, 0) is 11.3 Å². The molecule has 1 aliphatic rings. The van der Waals surface area contributed by atoms with E-state index in [1.54, 1.807) is 0 Å². The first-order valence-electron chi connectivity index (χ1n) is 6.99. The Labute approximate surface area is 110 Å². The van der Waals surface area contributed by atoms with Gasteiger partial charge in [0.25, 0.3) is 0 Å². The molecule has 0 unspecified atom stereocenters. The summed E-state index contributed by atoms with van der Waals surface area (Å²) in [5, 5.41) is 8.12. The van der Waals surface area contributed by atoms with E-state index in [-0.39, 0.29) is 0 Å². The van der Waals surface area contributed by atoms with Crippen LogP contribution in [0.5, 0.6) is 0 Å². The summed E-state index contributed by atoms with van der Waals surface area (Å²) in [4.78, 5) is 0. The normalized spacial score (nSPS) is 18.0. The summed E-state index contributed by atoms with van der Waals surface area (Å²) < 4.78 is 7.35. The molecule has 1 aromatic heterocycles.